The van der Waals surface area contributed by atoms with Gasteiger partial charge in [-0.15, -0.1) is 0 Å². The van der Waals surface area contributed by atoms with Gasteiger partial charge in [0.25, 0.3) is 0 Å². The second-order valence-corrected chi connectivity index (χ2v) is 6.30. The van der Waals surface area contributed by atoms with Crippen LogP contribution in [0, 0.1) is 6.92 Å². The third-order valence-corrected chi connectivity index (χ3v) is 4.30. The minimum atomic E-state index is 0.246. The van der Waals surface area contributed by atoms with Gasteiger partial charge < -0.3 is 9.84 Å². The minimum absolute atomic E-state index is 0.246. The third-order valence-electron chi connectivity index (χ3n) is 4.30. The SMILES string of the molecule is Cc1ccc(O)c(CN2CCC[C@H](OCc3cccnc3)C2)c1. The predicted octanol–water partition coefficient (Wildman–Crippen LogP) is 3.28. The van der Waals surface area contributed by atoms with Crippen LogP contribution >= 0.6 is 0 Å². The highest BCUT2D eigenvalue weighted by atomic mass is 16.5. The summed E-state index contributed by atoms with van der Waals surface area (Å²) >= 11 is 0. The van der Waals surface area contributed by atoms with Crippen molar-refractivity contribution >= 4 is 0 Å². The largest absolute Gasteiger partial charge is 0.508 e. The minimum Gasteiger partial charge on any atom is -0.508 e. The number of piperidine rings is 1. The molecule has 122 valence electrons. The Morgan fingerprint density at radius 1 is 1.35 bits per heavy atom. The van der Waals surface area contributed by atoms with Crippen LogP contribution in [0.5, 0.6) is 5.75 Å². The summed E-state index contributed by atoms with van der Waals surface area (Å²) in [6, 6.07) is 9.76. The number of phenolic OH excluding ortho intramolecular Hbond substituents is 1. The van der Waals surface area contributed by atoms with Gasteiger partial charge in [0.2, 0.25) is 0 Å². The van der Waals surface area contributed by atoms with Crippen molar-refractivity contribution in [3.63, 3.8) is 0 Å². The first-order chi connectivity index (χ1) is 11.2. The zero-order chi connectivity index (χ0) is 16.1. The number of hydrogen-bond donors (Lipinski definition) is 1. The molecule has 0 aliphatic carbocycles. The Morgan fingerprint density at radius 3 is 3.09 bits per heavy atom. The topological polar surface area (TPSA) is 45.6 Å². The van der Waals surface area contributed by atoms with Crippen LogP contribution in [0.1, 0.15) is 29.5 Å². The molecule has 23 heavy (non-hydrogen) atoms. The highest BCUT2D eigenvalue weighted by Crippen LogP contribution is 2.23. The molecule has 0 radical (unpaired) electrons. The molecule has 0 amide bonds. The van der Waals surface area contributed by atoms with Crippen molar-refractivity contribution in [1.82, 2.24) is 9.88 Å². The van der Waals surface area contributed by atoms with Gasteiger partial charge in [0.1, 0.15) is 5.75 Å². The van der Waals surface area contributed by atoms with E-state index in [1.54, 1.807) is 12.3 Å². The summed E-state index contributed by atoms with van der Waals surface area (Å²) in [5.74, 6) is 0.383. The molecule has 1 atom stereocenters. The van der Waals surface area contributed by atoms with Crippen molar-refractivity contribution in [3.05, 3.63) is 59.4 Å². The Balaban J connectivity index is 1.54. The summed E-state index contributed by atoms with van der Waals surface area (Å²) in [6.45, 7) is 5.41. The van der Waals surface area contributed by atoms with Gasteiger partial charge in [-0.1, -0.05) is 23.8 Å². The van der Waals surface area contributed by atoms with E-state index in [0.717, 1.165) is 43.6 Å². The normalized spacial score (nSPS) is 18.9. The quantitative estimate of drug-likeness (QED) is 0.920. The van der Waals surface area contributed by atoms with Gasteiger partial charge in [0.15, 0.2) is 0 Å². The van der Waals surface area contributed by atoms with E-state index >= 15 is 0 Å². The number of likely N-dealkylation sites (tertiary alicyclic amines) is 1. The van der Waals surface area contributed by atoms with Gasteiger partial charge in [0, 0.05) is 31.0 Å². The zero-order valence-corrected chi connectivity index (χ0v) is 13.6. The fraction of sp³-hybridized carbons (Fsp3) is 0.421. The Hall–Kier alpha value is -1.91. The summed E-state index contributed by atoms with van der Waals surface area (Å²) in [5, 5.41) is 10.0. The highest BCUT2D eigenvalue weighted by molar-refractivity contribution is 5.35. The molecular weight excluding hydrogens is 288 g/mol. The van der Waals surface area contributed by atoms with Crippen LogP contribution in [0.3, 0.4) is 0 Å². The van der Waals surface area contributed by atoms with Gasteiger partial charge in [-0.2, -0.15) is 0 Å². The standard InChI is InChI=1S/C19H24N2O2/c1-15-6-7-19(22)17(10-15)12-21-9-3-5-18(13-21)23-14-16-4-2-8-20-11-16/h2,4,6-8,10-11,18,22H,3,5,9,12-14H2,1H3/t18-/m0/s1. The highest BCUT2D eigenvalue weighted by Gasteiger charge is 2.21. The number of aromatic nitrogens is 1. The molecule has 0 spiro atoms. The summed E-state index contributed by atoms with van der Waals surface area (Å²) in [4.78, 5) is 6.49. The molecule has 1 aromatic heterocycles. The number of phenols is 1. The Labute approximate surface area is 137 Å². The van der Waals surface area contributed by atoms with Crippen LogP contribution in [0.15, 0.2) is 42.7 Å². The maximum absolute atomic E-state index is 10.0. The first kappa shape index (κ1) is 16.0. The Bertz CT molecular complexity index is 631. The molecule has 3 rings (SSSR count). The summed E-state index contributed by atoms with van der Waals surface area (Å²) in [5.41, 5.74) is 3.29. The van der Waals surface area contributed by atoms with E-state index in [1.807, 2.05) is 24.4 Å². The van der Waals surface area contributed by atoms with Gasteiger partial charge >= 0.3 is 0 Å². The van der Waals surface area contributed by atoms with Gasteiger partial charge in [-0.3, -0.25) is 9.88 Å². The number of pyridine rings is 1. The van der Waals surface area contributed by atoms with E-state index in [2.05, 4.69) is 22.9 Å². The Morgan fingerprint density at radius 2 is 2.26 bits per heavy atom. The van der Waals surface area contributed by atoms with E-state index < -0.39 is 0 Å². The average Bonchev–Trinajstić information content (AvgIpc) is 2.58. The fourth-order valence-corrected chi connectivity index (χ4v) is 3.07. The summed E-state index contributed by atoms with van der Waals surface area (Å²) in [7, 11) is 0. The van der Waals surface area contributed by atoms with Crippen LogP contribution < -0.4 is 0 Å². The molecular formula is C19H24N2O2. The molecule has 2 heterocycles. The van der Waals surface area contributed by atoms with Crippen molar-refractivity contribution < 1.29 is 9.84 Å². The second-order valence-electron chi connectivity index (χ2n) is 6.30. The lowest BCUT2D eigenvalue weighted by Gasteiger charge is -2.32. The van der Waals surface area contributed by atoms with Crippen LogP contribution in [0.25, 0.3) is 0 Å². The lowest BCUT2D eigenvalue weighted by atomic mass is 10.1. The zero-order valence-electron chi connectivity index (χ0n) is 13.6. The van der Waals surface area contributed by atoms with Crippen molar-refractivity contribution in [2.75, 3.05) is 13.1 Å². The summed E-state index contributed by atoms with van der Waals surface area (Å²) in [6.07, 6.45) is 6.10. The van der Waals surface area contributed by atoms with Crippen molar-refractivity contribution in [2.45, 2.75) is 39.0 Å². The molecule has 4 nitrogen and oxygen atoms in total. The number of hydrogen-bond acceptors (Lipinski definition) is 4. The molecule has 0 unspecified atom stereocenters. The fourth-order valence-electron chi connectivity index (χ4n) is 3.07. The molecule has 1 aromatic carbocycles. The molecule has 1 fully saturated rings. The number of aromatic hydroxyl groups is 1. The number of nitrogens with zero attached hydrogens (tertiary/aromatic N) is 2. The second kappa shape index (κ2) is 7.57. The molecule has 1 aliphatic rings. The monoisotopic (exact) mass is 312 g/mol. The lowest BCUT2D eigenvalue weighted by molar-refractivity contribution is -0.0122. The molecule has 0 saturated carbocycles. The molecule has 4 heteroatoms. The molecule has 1 aliphatic heterocycles. The molecule has 1 saturated heterocycles. The van der Waals surface area contributed by atoms with Gasteiger partial charge in [-0.25, -0.2) is 0 Å². The molecule has 0 bridgehead atoms. The smallest absolute Gasteiger partial charge is 0.120 e. The maximum Gasteiger partial charge on any atom is 0.120 e. The summed E-state index contributed by atoms with van der Waals surface area (Å²) < 4.78 is 6.05. The molecule has 1 N–H and O–H groups in total. The van der Waals surface area contributed by atoms with Crippen LogP contribution in [0.4, 0.5) is 0 Å². The van der Waals surface area contributed by atoms with E-state index in [-0.39, 0.29) is 6.10 Å². The first-order valence-electron chi connectivity index (χ1n) is 8.22. The number of rotatable bonds is 5. The van der Waals surface area contributed by atoms with Crippen molar-refractivity contribution in [2.24, 2.45) is 0 Å². The van der Waals surface area contributed by atoms with Crippen LogP contribution in [0.2, 0.25) is 0 Å². The van der Waals surface area contributed by atoms with Crippen molar-refractivity contribution in [1.29, 1.82) is 0 Å². The third kappa shape index (κ3) is 4.53. The average molecular weight is 312 g/mol. The van der Waals surface area contributed by atoms with Crippen LogP contribution in [-0.4, -0.2) is 34.2 Å². The van der Waals surface area contributed by atoms with E-state index in [4.69, 9.17) is 4.74 Å². The van der Waals surface area contributed by atoms with E-state index in [1.165, 1.54) is 5.56 Å². The predicted molar refractivity (Wildman–Crippen MR) is 90.2 cm³/mol. The van der Waals surface area contributed by atoms with Gasteiger partial charge in [0.05, 0.1) is 12.7 Å². The number of aryl methyl sites for hydroxylation is 1. The molecule has 2 aromatic rings. The van der Waals surface area contributed by atoms with Crippen LogP contribution in [-0.2, 0) is 17.9 Å². The van der Waals surface area contributed by atoms with E-state index in [9.17, 15) is 5.11 Å². The Kier molecular flexibility index (Phi) is 5.26. The van der Waals surface area contributed by atoms with E-state index in [0.29, 0.717) is 12.4 Å². The first-order valence-corrected chi connectivity index (χ1v) is 8.22. The number of benzene rings is 1. The van der Waals surface area contributed by atoms with Crippen molar-refractivity contribution in [3.8, 4) is 5.75 Å². The maximum atomic E-state index is 10.0. The van der Waals surface area contributed by atoms with Gasteiger partial charge in [-0.05, 0) is 44.0 Å². The lowest BCUT2D eigenvalue weighted by Crippen LogP contribution is -2.39. The number of ether oxygens (including phenoxy) is 1.